The van der Waals surface area contributed by atoms with E-state index >= 15 is 0 Å². The van der Waals surface area contributed by atoms with Crippen LogP contribution in [0.25, 0.3) is 0 Å². The molecule has 0 aliphatic rings. The molecule has 1 unspecified atom stereocenters. The maximum absolute atomic E-state index is 10.8. The molecule has 1 aromatic rings. The number of benzene rings is 1. The van der Waals surface area contributed by atoms with Crippen LogP contribution in [0.1, 0.15) is 37.8 Å². The molecule has 0 spiro atoms. The third-order valence-corrected chi connectivity index (χ3v) is 4.01. The number of rotatable bonds is 9. The van der Waals surface area contributed by atoms with Crippen LogP contribution in [0.2, 0.25) is 0 Å². The van der Waals surface area contributed by atoms with Crippen LogP contribution in [0.4, 0.5) is 0 Å². The van der Waals surface area contributed by atoms with Crippen LogP contribution >= 0.6 is 0 Å². The molecule has 0 aliphatic carbocycles. The lowest BCUT2D eigenvalue weighted by atomic mass is 9.97. The maximum atomic E-state index is 10.8. The molecule has 0 amide bonds. The molecule has 0 aliphatic heterocycles. The van der Waals surface area contributed by atoms with E-state index in [4.69, 9.17) is 35.7 Å². The van der Waals surface area contributed by atoms with Gasteiger partial charge >= 0.3 is 5.97 Å². The van der Waals surface area contributed by atoms with Crippen molar-refractivity contribution in [1.29, 1.82) is 0 Å². The molecule has 0 fully saturated rings. The van der Waals surface area contributed by atoms with Crippen molar-refractivity contribution in [2.75, 3.05) is 13.2 Å². The van der Waals surface area contributed by atoms with E-state index < -0.39 is 49.5 Å². The lowest BCUT2D eigenvalue weighted by Crippen LogP contribution is -2.46. The maximum Gasteiger partial charge on any atom is 0.310 e. The number of hydrogen-bond donors (Lipinski definition) is 7. The van der Waals surface area contributed by atoms with Gasteiger partial charge in [-0.05, 0) is 30.4 Å². The Morgan fingerprint density at radius 1 is 0.852 bits per heavy atom. The topological polar surface area (TPSA) is 159 Å². The second-order valence-electron chi connectivity index (χ2n) is 6.88. The van der Waals surface area contributed by atoms with Gasteiger partial charge in [0.05, 0.1) is 19.1 Å². The summed E-state index contributed by atoms with van der Waals surface area (Å²) in [7, 11) is 0. The molecule has 27 heavy (non-hydrogen) atoms. The molecule has 0 aromatic heterocycles. The summed E-state index contributed by atoms with van der Waals surface area (Å²) >= 11 is 0. The van der Waals surface area contributed by atoms with Gasteiger partial charge in [0.2, 0.25) is 0 Å². The Morgan fingerprint density at radius 2 is 1.26 bits per heavy atom. The Kier molecular flexibility index (Phi) is 12.0. The number of carboxylic acid groups (broad SMARTS) is 1. The zero-order valence-corrected chi connectivity index (χ0v) is 15.9. The summed E-state index contributed by atoms with van der Waals surface area (Å²) in [5.41, 5.74) is 2.14. The van der Waals surface area contributed by atoms with Gasteiger partial charge in [0, 0.05) is 0 Å². The van der Waals surface area contributed by atoms with Crippen molar-refractivity contribution in [3.63, 3.8) is 0 Å². The smallest absolute Gasteiger partial charge is 0.310 e. The first kappa shape index (κ1) is 25.4. The fraction of sp³-hybridized carbons (Fsp3) is 0.632. The minimum absolute atomic E-state index is 0.418. The Bertz CT molecular complexity index is 517. The highest BCUT2D eigenvalue weighted by atomic mass is 16.4. The molecule has 0 saturated heterocycles. The lowest BCUT2D eigenvalue weighted by Gasteiger charge is -2.24. The van der Waals surface area contributed by atoms with Crippen molar-refractivity contribution in [2.45, 2.75) is 57.5 Å². The molecular weight excluding hydrogens is 356 g/mol. The molecule has 1 aromatic carbocycles. The predicted octanol–water partition coefficient (Wildman–Crippen LogP) is -0.512. The second-order valence-corrected chi connectivity index (χ2v) is 6.88. The van der Waals surface area contributed by atoms with Crippen molar-refractivity contribution in [2.24, 2.45) is 5.92 Å². The summed E-state index contributed by atoms with van der Waals surface area (Å²) in [5.74, 6) is -0.558. The molecule has 0 saturated carbocycles. The lowest BCUT2D eigenvalue weighted by molar-refractivity contribution is -0.138. The molecule has 0 heterocycles. The van der Waals surface area contributed by atoms with Gasteiger partial charge < -0.3 is 35.7 Å². The van der Waals surface area contributed by atoms with Gasteiger partial charge in [-0.3, -0.25) is 4.79 Å². The summed E-state index contributed by atoms with van der Waals surface area (Å²) in [6.45, 7) is 4.61. The summed E-state index contributed by atoms with van der Waals surface area (Å²) < 4.78 is 0. The van der Waals surface area contributed by atoms with Gasteiger partial charge in [0.15, 0.2) is 0 Å². The summed E-state index contributed by atoms with van der Waals surface area (Å²) in [4.78, 5) is 10.8. The monoisotopic (exact) mass is 388 g/mol. The number of aliphatic hydroxyl groups is 6. The van der Waals surface area contributed by atoms with Gasteiger partial charge in [-0.15, -0.1) is 0 Å². The van der Waals surface area contributed by atoms with E-state index in [1.54, 1.807) is 6.92 Å². The number of aliphatic hydroxyl groups excluding tert-OH is 6. The van der Waals surface area contributed by atoms with Crippen LogP contribution in [-0.4, -0.2) is 79.3 Å². The molecule has 8 nitrogen and oxygen atoms in total. The zero-order chi connectivity index (χ0) is 21.1. The zero-order valence-electron chi connectivity index (χ0n) is 15.9. The van der Waals surface area contributed by atoms with E-state index in [1.807, 2.05) is 24.3 Å². The third kappa shape index (κ3) is 9.28. The first-order valence-corrected chi connectivity index (χ1v) is 8.80. The highest BCUT2D eigenvalue weighted by molar-refractivity contribution is 5.75. The molecule has 0 radical (unpaired) electrons. The average molecular weight is 388 g/mol. The number of hydrogen-bond acceptors (Lipinski definition) is 7. The van der Waals surface area contributed by atoms with Crippen LogP contribution in [0.5, 0.6) is 0 Å². The van der Waals surface area contributed by atoms with Crippen LogP contribution in [0.3, 0.4) is 0 Å². The van der Waals surface area contributed by atoms with Crippen LogP contribution in [-0.2, 0) is 11.2 Å². The predicted molar refractivity (Wildman–Crippen MR) is 99.2 cm³/mol. The van der Waals surface area contributed by atoms with Gasteiger partial charge in [0.1, 0.15) is 24.4 Å². The van der Waals surface area contributed by atoms with Crippen LogP contribution in [0.15, 0.2) is 24.3 Å². The number of aliphatic carboxylic acids is 1. The van der Waals surface area contributed by atoms with E-state index in [1.165, 1.54) is 5.56 Å². The first-order valence-electron chi connectivity index (χ1n) is 8.80. The summed E-state index contributed by atoms with van der Waals surface area (Å²) in [6.07, 6.45) is -5.35. The Balaban J connectivity index is 0.000000516. The number of carboxylic acids is 1. The molecule has 1 rings (SSSR count). The van der Waals surface area contributed by atoms with Crippen molar-refractivity contribution >= 4 is 5.97 Å². The summed E-state index contributed by atoms with van der Waals surface area (Å²) in [6, 6.07) is 7.87. The fourth-order valence-electron chi connectivity index (χ4n) is 2.23. The van der Waals surface area contributed by atoms with E-state index in [0.29, 0.717) is 5.92 Å². The van der Waals surface area contributed by atoms with E-state index in [9.17, 15) is 4.79 Å². The normalized spacial score (nSPS) is 16.7. The van der Waals surface area contributed by atoms with E-state index in [2.05, 4.69) is 13.8 Å². The SMILES string of the molecule is CC(C)Cc1ccc(C(C)C(=O)O)cc1.OC[C@@H](O)[C@@H](O)[C@H](O)[C@@H](O)CO. The van der Waals surface area contributed by atoms with Gasteiger partial charge in [0.25, 0.3) is 0 Å². The van der Waals surface area contributed by atoms with Gasteiger partial charge in [-0.25, -0.2) is 0 Å². The largest absolute Gasteiger partial charge is 0.481 e. The molecule has 7 N–H and O–H groups in total. The minimum Gasteiger partial charge on any atom is -0.481 e. The molecule has 156 valence electrons. The van der Waals surface area contributed by atoms with Crippen molar-refractivity contribution in [3.05, 3.63) is 35.4 Å². The average Bonchev–Trinajstić information content (AvgIpc) is 2.65. The summed E-state index contributed by atoms with van der Waals surface area (Å²) in [5, 5.41) is 61.0. The number of carbonyl (C=O) groups is 1. The minimum atomic E-state index is -1.67. The molecule has 5 atom stereocenters. The highest BCUT2D eigenvalue weighted by Gasteiger charge is 2.29. The standard InChI is InChI=1S/C13H18O2.C6H14O6/c1-9(2)8-11-4-6-12(7-5-11)10(3)13(14)15;7-1-3(9)5(11)6(12)4(10)2-8/h4-7,9-10H,8H2,1-3H3,(H,14,15);3-12H,1-2H2/t;3-,4+,5-,6-/m.1/s1. The molecule has 0 bridgehead atoms. The van der Waals surface area contributed by atoms with E-state index in [-0.39, 0.29) is 0 Å². The Labute approximate surface area is 159 Å². The molecule has 8 heteroatoms. The van der Waals surface area contributed by atoms with Gasteiger partial charge in [-0.1, -0.05) is 38.1 Å². The molecular formula is C19H32O8. The Hall–Kier alpha value is -1.55. The quantitative estimate of drug-likeness (QED) is 0.298. The fourth-order valence-corrected chi connectivity index (χ4v) is 2.23. The Morgan fingerprint density at radius 3 is 1.56 bits per heavy atom. The third-order valence-electron chi connectivity index (χ3n) is 4.01. The van der Waals surface area contributed by atoms with Crippen LogP contribution < -0.4 is 0 Å². The van der Waals surface area contributed by atoms with Crippen molar-refractivity contribution in [1.82, 2.24) is 0 Å². The van der Waals surface area contributed by atoms with Crippen LogP contribution in [0, 0.1) is 5.92 Å². The first-order chi connectivity index (χ1) is 12.5. The van der Waals surface area contributed by atoms with Gasteiger partial charge in [-0.2, -0.15) is 0 Å². The van der Waals surface area contributed by atoms with E-state index in [0.717, 1.165) is 12.0 Å². The highest BCUT2D eigenvalue weighted by Crippen LogP contribution is 2.17. The van der Waals surface area contributed by atoms with Crippen molar-refractivity contribution in [3.8, 4) is 0 Å². The second kappa shape index (κ2) is 12.8. The van der Waals surface area contributed by atoms with Crippen molar-refractivity contribution < 1.29 is 40.5 Å².